The molecule has 1 aromatic heterocycles. The fraction of sp³-hybridized carbons (Fsp3) is 0.600. The van der Waals surface area contributed by atoms with Gasteiger partial charge in [-0.2, -0.15) is 0 Å². The molecule has 0 bridgehead atoms. The molecule has 1 aliphatic rings. The maximum atomic E-state index is 12.5. The number of halogens is 1. The minimum atomic E-state index is -1.26. The van der Waals surface area contributed by atoms with Crippen LogP contribution >= 0.6 is 22.9 Å². The first kappa shape index (κ1) is 16.3. The molecule has 1 heterocycles. The van der Waals surface area contributed by atoms with Gasteiger partial charge in [0.15, 0.2) is 5.41 Å². The molecule has 0 saturated heterocycles. The summed E-state index contributed by atoms with van der Waals surface area (Å²) in [6.45, 7) is 0. The van der Waals surface area contributed by atoms with Gasteiger partial charge in [-0.15, -0.1) is 11.3 Å². The summed E-state index contributed by atoms with van der Waals surface area (Å²) < 4.78 is 10.6. The highest BCUT2D eigenvalue weighted by Gasteiger charge is 2.55. The molecule has 1 saturated carbocycles. The van der Waals surface area contributed by atoms with E-state index < -0.39 is 17.4 Å². The van der Waals surface area contributed by atoms with Gasteiger partial charge in [0.05, 0.1) is 18.6 Å². The second-order valence-corrected chi connectivity index (χ2v) is 7.12. The van der Waals surface area contributed by atoms with E-state index in [2.05, 4.69) is 0 Å². The molecule has 0 atom stereocenters. The molecule has 21 heavy (non-hydrogen) atoms. The van der Waals surface area contributed by atoms with Gasteiger partial charge in [0.25, 0.3) is 0 Å². The van der Waals surface area contributed by atoms with Gasteiger partial charge < -0.3 is 9.47 Å². The van der Waals surface area contributed by atoms with Gasteiger partial charge in [-0.1, -0.05) is 24.4 Å². The van der Waals surface area contributed by atoms with E-state index in [0.717, 1.165) is 30.6 Å². The van der Waals surface area contributed by atoms with Gasteiger partial charge in [-0.25, -0.2) is 0 Å². The van der Waals surface area contributed by atoms with Crippen molar-refractivity contribution >= 4 is 34.9 Å². The third kappa shape index (κ3) is 3.09. The monoisotopic (exact) mass is 330 g/mol. The van der Waals surface area contributed by atoms with Crippen molar-refractivity contribution in [2.75, 3.05) is 14.2 Å². The van der Waals surface area contributed by atoms with Gasteiger partial charge in [0, 0.05) is 11.3 Å². The maximum Gasteiger partial charge on any atom is 0.323 e. The summed E-state index contributed by atoms with van der Waals surface area (Å²) in [7, 11) is 2.63. The van der Waals surface area contributed by atoms with Crippen molar-refractivity contribution in [3.8, 4) is 0 Å². The van der Waals surface area contributed by atoms with E-state index in [1.165, 1.54) is 25.6 Å². The summed E-state index contributed by atoms with van der Waals surface area (Å²) in [5, 5.41) is 0. The molecule has 6 heteroatoms. The van der Waals surface area contributed by atoms with E-state index in [9.17, 15) is 9.59 Å². The molecule has 1 aromatic rings. The molecule has 116 valence electrons. The van der Waals surface area contributed by atoms with Crippen LogP contribution in [-0.2, 0) is 25.5 Å². The van der Waals surface area contributed by atoms with Gasteiger partial charge in [-0.05, 0) is 30.9 Å². The lowest BCUT2D eigenvalue weighted by atomic mass is 9.71. The first-order valence-corrected chi connectivity index (χ1v) is 8.15. The van der Waals surface area contributed by atoms with Gasteiger partial charge in [0.2, 0.25) is 0 Å². The Bertz CT molecular complexity index is 503. The summed E-state index contributed by atoms with van der Waals surface area (Å²) in [6, 6.07) is 3.62. The number of hydrogen-bond acceptors (Lipinski definition) is 5. The second kappa shape index (κ2) is 6.79. The standard InChI is InChI=1S/C15H19ClO4S/c1-19-13(17)15(14(18)20-2,10-5-3-4-6-10)9-11-7-8-12(16)21-11/h7-8,10H,3-6,9H2,1-2H3. The minimum absolute atomic E-state index is 0.0433. The van der Waals surface area contributed by atoms with Crippen molar-refractivity contribution in [3.63, 3.8) is 0 Å². The summed E-state index contributed by atoms with van der Waals surface area (Å²) in [5.41, 5.74) is -1.26. The molecule has 0 spiro atoms. The molecule has 4 nitrogen and oxygen atoms in total. The van der Waals surface area contributed by atoms with E-state index in [1.807, 2.05) is 6.07 Å². The lowest BCUT2D eigenvalue weighted by Gasteiger charge is -2.33. The number of thiophene rings is 1. The smallest absolute Gasteiger partial charge is 0.323 e. The number of esters is 2. The first-order chi connectivity index (χ1) is 10.0. The second-order valence-electron chi connectivity index (χ2n) is 5.32. The Labute approximate surface area is 133 Å². The molecule has 0 unspecified atom stereocenters. The minimum Gasteiger partial charge on any atom is -0.468 e. The fourth-order valence-corrected chi connectivity index (χ4v) is 4.39. The van der Waals surface area contributed by atoms with Crippen LogP contribution in [-0.4, -0.2) is 26.2 Å². The van der Waals surface area contributed by atoms with Crippen molar-refractivity contribution in [1.82, 2.24) is 0 Å². The van der Waals surface area contributed by atoms with Gasteiger partial charge in [-0.3, -0.25) is 9.59 Å². The summed E-state index contributed by atoms with van der Waals surface area (Å²) in [5.74, 6) is -1.06. The zero-order valence-corrected chi connectivity index (χ0v) is 13.8. The Morgan fingerprint density at radius 3 is 2.24 bits per heavy atom. The Morgan fingerprint density at radius 2 is 1.81 bits per heavy atom. The fourth-order valence-electron chi connectivity index (χ4n) is 3.21. The molecule has 0 aliphatic heterocycles. The van der Waals surface area contributed by atoms with Crippen LogP contribution in [0.4, 0.5) is 0 Å². The number of hydrogen-bond donors (Lipinski definition) is 0. The molecule has 2 rings (SSSR count). The lowest BCUT2D eigenvalue weighted by Crippen LogP contribution is -2.48. The van der Waals surface area contributed by atoms with Crippen molar-refractivity contribution in [2.24, 2.45) is 11.3 Å². The summed E-state index contributed by atoms with van der Waals surface area (Å²) in [6.07, 6.45) is 4.00. The highest BCUT2D eigenvalue weighted by atomic mass is 35.5. The highest BCUT2D eigenvalue weighted by molar-refractivity contribution is 7.16. The van der Waals surface area contributed by atoms with Crippen LogP contribution in [0.1, 0.15) is 30.6 Å². The lowest BCUT2D eigenvalue weighted by molar-refractivity contribution is -0.173. The Kier molecular flexibility index (Phi) is 5.27. The SMILES string of the molecule is COC(=O)C(Cc1ccc(Cl)s1)(C(=O)OC)C1CCCC1. The Hall–Kier alpha value is -1.07. The summed E-state index contributed by atoms with van der Waals surface area (Å²) >= 11 is 7.34. The molecule has 0 amide bonds. The predicted molar refractivity (Wildman–Crippen MR) is 81.5 cm³/mol. The topological polar surface area (TPSA) is 52.6 Å². The molecular formula is C15H19ClO4S. The average molecular weight is 331 g/mol. The number of rotatable bonds is 5. The molecule has 0 radical (unpaired) electrons. The molecule has 1 fully saturated rings. The van der Waals surface area contributed by atoms with Crippen molar-refractivity contribution in [2.45, 2.75) is 32.1 Å². The largest absolute Gasteiger partial charge is 0.468 e. The van der Waals surface area contributed by atoms with E-state index in [-0.39, 0.29) is 12.3 Å². The van der Waals surface area contributed by atoms with E-state index in [1.54, 1.807) is 6.07 Å². The first-order valence-electron chi connectivity index (χ1n) is 6.95. The number of carbonyl (C=O) groups is 2. The van der Waals surface area contributed by atoms with E-state index in [4.69, 9.17) is 21.1 Å². The summed E-state index contributed by atoms with van der Waals surface area (Å²) in [4.78, 5) is 25.9. The number of ether oxygens (including phenoxy) is 2. The van der Waals surface area contributed by atoms with Crippen molar-refractivity contribution < 1.29 is 19.1 Å². The highest BCUT2D eigenvalue weighted by Crippen LogP contribution is 2.45. The van der Waals surface area contributed by atoms with Crippen LogP contribution in [0, 0.1) is 11.3 Å². The third-order valence-electron chi connectivity index (χ3n) is 4.23. The molecule has 1 aliphatic carbocycles. The maximum absolute atomic E-state index is 12.5. The predicted octanol–water partition coefficient (Wildman–Crippen LogP) is 3.47. The normalized spacial score (nSPS) is 16.0. The van der Waals surface area contributed by atoms with Crippen LogP contribution in [0.3, 0.4) is 0 Å². The zero-order valence-electron chi connectivity index (χ0n) is 12.2. The van der Waals surface area contributed by atoms with E-state index in [0.29, 0.717) is 4.34 Å². The number of methoxy groups -OCH3 is 2. The van der Waals surface area contributed by atoms with Crippen LogP contribution < -0.4 is 0 Å². The Balaban J connectivity index is 2.43. The van der Waals surface area contributed by atoms with E-state index >= 15 is 0 Å². The molecule has 0 N–H and O–H groups in total. The third-order valence-corrected chi connectivity index (χ3v) is 5.46. The van der Waals surface area contributed by atoms with Crippen LogP contribution in [0.15, 0.2) is 12.1 Å². The molecule has 0 aromatic carbocycles. The van der Waals surface area contributed by atoms with Gasteiger partial charge >= 0.3 is 11.9 Å². The zero-order chi connectivity index (χ0) is 15.5. The van der Waals surface area contributed by atoms with Crippen LogP contribution in [0.25, 0.3) is 0 Å². The van der Waals surface area contributed by atoms with Crippen molar-refractivity contribution in [1.29, 1.82) is 0 Å². The van der Waals surface area contributed by atoms with Crippen LogP contribution in [0.2, 0.25) is 4.34 Å². The quantitative estimate of drug-likeness (QED) is 0.613. The number of carbonyl (C=O) groups excluding carboxylic acids is 2. The van der Waals surface area contributed by atoms with Crippen LogP contribution in [0.5, 0.6) is 0 Å². The van der Waals surface area contributed by atoms with Crippen molar-refractivity contribution in [3.05, 3.63) is 21.3 Å². The average Bonchev–Trinajstić information content (AvgIpc) is 3.14. The molecular weight excluding hydrogens is 312 g/mol. The van der Waals surface area contributed by atoms with Gasteiger partial charge in [0.1, 0.15) is 0 Å². The Morgan fingerprint density at radius 1 is 1.24 bits per heavy atom.